The maximum Gasteiger partial charge on any atom is 0.193 e. The van der Waals surface area contributed by atoms with Crippen LogP contribution in [0.2, 0.25) is 0 Å². The van der Waals surface area contributed by atoms with Gasteiger partial charge < -0.3 is 25.3 Å². The van der Waals surface area contributed by atoms with Crippen LogP contribution in [0.1, 0.15) is 18.4 Å². The number of nitrogens with two attached hydrogens (primary N) is 1. The minimum Gasteiger partial charge on any atom is -0.493 e. The van der Waals surface area contributed by atoms with Crippen molar-refractivity contribution in [3.05, 3.63) is 54.1 Å². The molecule has 0 unspecified atom stereocenters. The van der Waals surface area contributed by atoms with E-state index in [2.05, 4.69) is 34.6 Å². The number of anilines is 1. The van der Waals surface area contributed by atoms with Gasteiger partial charge in [0, 0.05) is 30.4 Å². The van der Waals surface area contributed by atoms with Crippen molar-refractivity contribution in [2.75, 3.05) is 39.3 Å². The summed E-state index contributed by atoms with van der Waals surface area (Å²) in [5.41, 5.74) is 8.21. The van der Waals surface area contributed by atoms with E-state index >= 15 is 0 Å². The van der Waals surface area contributed by atoms with Crippen LogP contribution < -0.4 is 20.5 Å². The number of guanidine groups is 1. The van der Waals surface area contributed by atoms with Gasteiger partial charge in [0.05, 0.1) is 20.8 Å². The molecule has 0 bridgehead atoms. The number of hydrogen-bond donors (Lipinski definition) is 2. The predicted molar refractivity (Wildman–Crippen MR) is 108 cm³/mol. The molecule has 1 fully saturated rings. The zero-order chi connectivity index (χ0) is 19.1. The fraction of sp³-hybridized carbons (Fsp3) is 0.381. The molecule has 1 saturated heterocycles. The number of ether oxygens (including phenoxy) is 3. The number of benzene rings is 2. The van der Waals surface area contributed by atoms with Gasteiger partial charge in [-0.05, 0) is 30.5 Å². The summed E-state index contributed by atoms with van der Waals surface area (Å²) >= 11 is 0. The van der Waals surface area contributed by atoms with Crippen molar-refractivity contribution in [3.8, 4) is 11.5 Å². The van der Waals surface area contributed by atoms with Crippen molar-refractivity contribution < 1.29 is 14.2 Å². The van der Waals surface area contributed by atoms with E-state index < -0.39 is 0 Å². The van der Waals surface area contributed by atoms with Crippen molar-refractivity contribution in [2.45, 2.75) is 18.3 Å². The molecule has 27 heavy (non-hydrogen) atoms. The van der Waals surface area contributed by atoms with Crippen LogP contribution in [-0.2, 0) is 10.2 Å². The lowest BCUT2D eigenvalue weighted by atomic mass is 9.74. The average molecular weight is 369 g/mol. The van der Waals surface area contributed by atoms with Crippen molar-refractivity contribution in [1.29, 1.82) is 0 Å². The van der Waals surface area contributed by atoms with E-state index in [0.29, 0.717) is 24.0 Å². The summed E-state index contributed by atoms with van der Waals surface area (Å²) in [6.45, 7) is 2.10. The Morgan fingerprint density at radius 3 is 2.44 bits per heavy atom. The lowest BCUT2D eigenvalue weighted by molar-refractivity contribution is 0.0531. The Labute approximate surface area is 160 Å². The fourth-order valence-corrected chi connectivity index (χ4v) is 3.43. The normalized spacial score (nSPS) is 16.6. The summed E-state index contributed by atoms with van der Waals surface area (Å²) in [6.07, 6.45) is 1.87. The lowest BCUT2D eigenvalue weighted by Crippen LogP contribution is -2.38. The van der Waals surface area contributed by atoms with Crippen LogP contribution in [0.3, 0.4) is 0 Å². The molecule has 2 aromatic rings. The summed E-state index contributed by atoms with van der Waals surface area (Å²) < 4.78 is 16.2. The van der Waals surface area contributed by atoms with Gasteiger partial charge in [-0.2, -0.15) is 0 Å². The molecule has 0 saturated carbocycles. The van der Waals surface area contributed by atoms with Crippen LogP contribution >= 0.6 is 0 Å². The molecular formula is C21H27N3O3. The monoisotopic (exact) mass is 369 g/mol. The third kappa shape index (κ3) is 4.52. The van der Waals surface area contributed by atoms with E-state index in [-0.39, 0.29) is 5.41 Å². The van der Waals surface area contributed by atoms with E-state index in [4.69, 9.17) is 19.9 Å². The van der Waals surface area contributed by atoms with Crippen molar-refractivity contribution in [1.82, 2.24) is 0 Å². The minimum absolute atomic E-state index is 0.0383. The highest BCUT2D eigenvalue weighted by molar-refractivity contribution is 5.92. The molecule has 1 heterocycles. The first-order valence-corrected chi connectivity index (χ1v) is 9.09. The highest BCUT2D eigenvalue weighted by Crippen LogP contribution is 2.35. The van der Waals surface area contributed by atoms with Crippen LogP contribution in [0.5, 0.6) is 11.5 Å². The topological polar surface area (TPSA) is 78.1 Å². The SMILES string of the molecule is COc1ccc(NC(N)=NCC2(c3ccccc3)CCOCC2)cc1OC. The van der Waals surface area contributed by atoms with Gasteiger partial charge in [-0.25, -0.2) is 0 Å². The number of methoxy groups -OCH3 is 2. The molecule has 0 radical (unpaired) electrons. The molecule has 1 aliphatic heterocycles. The van der Waals surface area contributed by atoms with Gasteiger partial charge in [-0.15, -0.1) is 0 Å². The highest BCUT2D eigenvalue weighted by atomic mass is 16.5. The van der Waals surface area contributed by atoms with Gasteiger partial charge in [0.1, 0.15) is 0 Å². The standard InChI is InChI=1S/C21H27N3O3/c1-25-18-9-8-17(14-19(18)26-2)24-20(22)23-15-21(10-12-27-13-11-21)16-6-4-3-5-7-16/h3-9,14H,10-13,15H2,1-2H3,(H3,22,23,24). The van der Waals surface area contributed by atoms with Crippen molar-refractivity contribution in [3.63, 3.8) is 0 Å². The molecule has 6 nitrogen and oxygen atoms in total. The van der Waals surface area contributed by atoms with Gasteiger partial charge in [-0.3, -0.25) is 4.99 Å². The van der Waals surface area contributed by atoms with Crippen molar-refractivity contribution in [2.24, 2.45) is 10.7 Å². The molecular weight excluding hydrogens is 342 g/mol. The Bertz CT molecular complexity index is 771. The first-order chi connectivity index (χ1) is 13.2. The Kier molecular flexibility index (Phi) is 6.19. The zero-order valence-corrected chi connectivity index (χ0v) is 15.9. The molecule has 2 aromatic carbocycles. The number of rotatable bonds is 6. The number of nitrogens with one attached hydrogen (secondary N) is 1. The minimum atomic E-state index is -0.0383. The third-order valence-corrected chi connectivity index (χ3v) is 5.04. The summed E-state index contributed by atoms with van der Waals surface area (Å²) in [5, 5.41) is 3.14. The van der Waals surface area contributed by atoms with Crippen LogP contribution in [0.4, 0.5) is 5.69 Å². The number of hydrogen-bond acceptors (Lipinski definition) is 4. The van der Waals surface area contributed by atoms with Gasteiger partial charge in [-0.1, -0.05) is 30.3 Å². The second kappa shape index (κ2) is 8.77. The molecule has 0 spiro atoms. The smallest absolute Gasteiger partial charge is 0.193 e. The summed E-state index contributed by atoms with van der Waals surface area (Å²) in [6, 6.07) is 16.1. The van der Waals surface area contributed by atoms with Crippen LogP contribution in [0.15, 0.2) is 53.5 Å². The molecule has 1 aliphatic rings. The molecule has 3 N–H and O–H groups in total. The third-order valence-electron chi connectivity index (χ3n) is 5.04. The first kappa shape index (κ1) is 19.0. The average Bonchev–Trinajstić information content (AvgIpc) is 2.73. The van der Waals surface area contributed by atoms with E-state index in [1.807, 2.05) is 24.3 Å². The Morgan fingerprint density at radius 1 is 1.07 bits per heavy atom. The Morgan fingerprint density at radius 2 is 1.78 bits per heavy atom. The maximum absolute atomic E-state index is 6.16. The quantitative estimate of drug-likeness (QED) is 0.604. The van der Waals surface area contributed by atoms with Crippen molar-refractivity contribution >= 4 is 11.6 Å². The highest BCUT2D eigenvalue weighted by Gasteiger charge is 2.34. The van der Waals surface area contributed by atoms with E-state index in [0.717, 1.165) is 31.7 Å². The fourth-order valence-electron chi connectivity index (χ4n) is 3.43. The largest absolute Gasteiger partial charge is 0.493 e. The van der Waals surface area contributed by atoms with Gasteiger partial charge in [0.2, 0.25) is 0 Å². The summed E-state index contributed by atoms with van der Waals surface area (Å²) in [4.78, 5) is 4.65. The van der Waals surface area contributed by atoms with E-state index in [1.54, 1.807) is 14.2 Å². The van der Waals surface area contributed by atoms with E-state index in [1.165, 1.54) is 5.56 Å². The van der Waals surface area contributed by atoms with Gasteiger partial charge in [0.15, 0.2) is 17.5 Å². The van der Waals surface area contributed by atoms with Crippen LogP contribution in [0, 0.1) is 0 Å². The molecule has 0 aromatic heterocycles. The number of aliphatic imine (C=N–C) groups is 1. The Balaban J connectivity index is 1.75. The maximum atomic E-state index is 6.16. The van der Waals surface area contributed by atoms with Gasteiger partial charge >= 0.3 is 0 Å². The molecule has 144 valence electrons. The summed E-state index contributed by atoms with van der Waals surface area (Å²) in [7, 11) is 3.21. The van der Waals surface area contributed by atoms with Crippen LogP contribution in [0.25, 0.3) is 0 Å². The molecule has 3 rings (SSSR count). The van der Waals surface area contributed by atoms with Gasteiger partial charge in [0.25, 0.3) is 0 Å². The molecule has 0 atom stereocenters. The molecule has 0 aliphatic carbocycles. The number of nitrogens with zero attached hydrogens (tertiary/aromatic N) is 1. The lowest BCUT2D eigenvalue weighted by Gasteiger charge is -2.36. The van der Waals surface area contributed by atoms with E-state index in [9.17, 15) is 0 Å². The first-order valence-electron chi connectivity index (χ1n) is 9.09. The summed E-state index contributed by atoms with van der Waals surface area (Å²) in [5.74, 6) is 1.69. The predicted octanol–water partition coefficient (Wildman–Crippen LogP) is 3.18. The Hall–Kier alpha value is -2.73. The second-order valence-electron chi connectivity index (χ2n) is 6.65. The molecule has 0 amide bonds. The second-order valence-corrected chi connectivity index (χ2v) is 6.65. The molecule has 6 heteroatoms. The van der Waals surface area contributed by atoms with Crippen LogP contribution in [-0.4, -0.2) is 39.9 Å². The zero-order valence-electron chi connectivity index (χ0n) is 15.9.